The molecule has 0 aromatic heterocycles. The highest BCUT2D eigenvalue weighted by atomic mass is 19.1. The van der Waals surface area contributed by atoms with E-state index in [0.29, 0.717) is 38.2 Å². The van der Waals surface area contributed by atoms with E-state index in [2.05, 4.69) is 5.32 Å². The number of alkyl carbamates (subject to hydrolysis) is 1. The Balaban J connectivity index is 1.81. The number of hydrogen-bond acceptors (Lipinski definition) is 4. The summed E-state index contributed by atoms with van der Waals surface area (Å²) in [5, 5.41) is 2.46. The third-order valence-corrected chi connectivity index (χ3v) is 4.23. The topological polar surface area (TPSA) is 79.0 Å². The fraction of sp³-hybridized carbons (Fsp3) is 0.550. The van der Waals surface area contributed by atoms with Gasteiger partial charge in [0.05, 0.1) is 6.42 Å². The van der Waals surface area contributed by atoms with Gasteiger partial charge >= 0.3 is 6.09 Å². The summed E-state index contributed by atoms with van der Waals surface area (Å²) < 4.78 is 18.4. The third-order valence-electron chi connectivity index (χ3n) is 4.23. The third kappa shape index (κ3) is 7.17. The summed E-state index contributed by atoms with van der Waals surface area (Å²) in [6, 6.07) is 6.00. The maximum absolute atomic E-state index is 13.3. The largest absolute Gasteiger partial charge is 0.444 e. The second-order valence-electron chi connectivity index (χ2n) is 7.78. The van der Waals surface area contributed by atoms with Gasteiger partial charge in [-0.25, -0.2) is 9.18 Å². The van der Waals surface area contributed by atoms with Gasteiger partial charge in [-0.15, -0.1) is 0 Å². The summed E-state index contributed by atoms with van der Waals surface area (Å²) in [7, 11) is 0. The normalized spacial score (nSPS) is 15.0. The maximum atomic E-state index is 13.3. The summed E-state index contributed by atoms with van der Waals surface area (Å²) >= 11 is 0. The summed E-state index contributed by atoms with van der Waals surface area (Å²) in [5.41, 5.74) is 0.00174. The molecular formula is C20H28FN3O4. The zero-order valence-electron chi connectivity index (χ0n) is 16.7. The van der Waals surface area contributed by atoms with Gasteiger partial charge in [0.25, 0.3) is 0 Å². The maximum Gasteiger partial charge on any atom is 0.408 e. The van der Waals surface area contributed by atoms with Crippen LogP contribution in [0, 0.1) is 5.82 Å². The molecule has 1 aromatic rings. The number of benzene rings is 1. The molecule has 1 aliphatic rings. The molecule has 154 valence electrons. The Kier molecular flexibility index (Phi) is 7.37. The van der Waals surface area contributed by atoms with Gasteiger partial charge in [-0.2, -0.15) is 0 Å². The number of carbonyl (C=O) groups excluding carboxylic acids is 3. The molecule has 1 fully saturated rings. The van der Waals surface area contributed by atoms with E-state index < -0.39 is 11.7 Å². The van der Waals surface area contributed by atoms with Crippen molar-refractivity contribution in [3.8, 4) is 0 Å². The van der Waals surface area contributed by atoms with Gasteiger partial charge < -0.3 is 19.9 Å². The minimum Gasteiger partial charge on any atom is -0.444 e. The Morgan fingerprint density at radius 3 is 2.32 bits per heavy atom. The number of hydrogen-bond donors (Lipinski definition) is 1. The molecule has 3 amide bonds. The molecule has 2 rings (SSSR count). The molecule has 0 aliphatic carbocycles. The van der Waals surface area contributed by atoms with Crippen LogP contribution in [0.25, 0.3) is 0 Å². The first-order valence-corrected chi connectivity index (χ1v) is 9.41. The second-order valence-corrected chi connectivity index (χ2v) is 7.78. The number of halogens is 1. The average Bonchev–Trinajstić information content (AvgIpc) is 2.84. The Morgan fingerprint density at radius 2 is 1.71 bits per heavy atom. The van der Waals surface area contributed by atoms with Crippen LogP contribution in [0.5, 0.6) is 0 Å². The molecule has 1 aliphatic heterocycles. The highest BCUT2D eigenvalue weighted by molar-refractivity contribution is 5.82. The average molecular weight is 393 g/mol. The van der Waals surface area contributed by atoms with E-state index >= 15 is 0 Å². The van der Waals surface area contributed by atoms with E-state index in [1.165, 1.54) is 12.1 Å². The minimum atomic E-state index is -0.637. The zero-order chi connectivity index (χ0) is 20.7. The quantitative estimate of drug-likeness (QED) is 0.848. The van der Waals surface area contributed by atoms with E-state index in [1.54, 1.807) is 42.7 Å². The van der Waals surface area contributed by atoms with Gasteiger partial charge in [0.2, 0.25) is 11.8 Å². The fourth-order valence-electron chi connectivity index (χ4n) is 2.92. The standard InChI is InChI=1S/C20H28FN3O4/c1-20(2,3)28-19(27)22-14-18(26)24-9-5-8-23(10-11-24)17(25)13-15-6-4-7-16(21)12-15/h4,6-7,12H,5,8-11,13-14H2,1-3H3,(H,22,27). The van der Waals surface area contributed by atoms with Crippen LogP contribution in [0.15, 0.2) is 24.3 Å². The molecule has 0 radical (unpaired) electrons. The number of rotatable bonds is 4. The van der Waals surface area contributed by atoms with E-state index in [-0.39, 0.29) is 30.6 Å². The number of amides is 3. The minimum absolute atomic E-state index is 0.0909. The van der Waals surface area contributed by atoms with Crippen LogP contribution in [0.1, 0.15) is 32.8 Å². The van der Waals surface area contributed by atoms with Gasteiger partial charge in [-0.3, -0.25) is 9.59 Å². The highest BCUT2D eigenvalue weighted by Gasteiger charge is 2.23. The monoisotopic (exact) mass is 393 g/mol. The van der Waals surface area contributed by atoms with Gasteiger partial charge in [-0.05, 0) is 44.9 Å². The summed E-state index contributed by atoms with van der Waals surface area (Å²) in [6.07, 6.45) is 0.140. The molecule has 1 aromatic carbocycles. The molecule has 0 spiro atoms. The van der Waals surface area contributed by atoms with Crippen molar-refractivity contribution >= 4 is 17.9 Å². The molecule has 8 heteroatoms. The van der Waals surface area contributed by atoms with Crippen LogP contribution in [0.4, 0.5) is 9.18 Å². The Morgan fingerprint density at radius 1 is 1.07 bits per heavy atom. The lowest BCUT2D eigenvalue weighted by Crippen LogP contribution is -2.43. The molecule has 1 saturated heterocycles. The van der Waals surface area contributed by atoms with Crippen molar-refractivity contribution in [3.05, 3.63) is 35.6 Å². The van der Waals surface area contributed by atoms with Crippen molar-refractivity contribution in [2.75, 3.05) is 32.7 Å². The van der Waals surface area contributed by atoms with Crippen LogP contribution in [-0.2, 0) is 20.7 Å². The van der Waals surface area contributed by atoms with E-state index in [9.17, 15) is 18.8 Å². The van der Waals surface area contributed by atoms with Crippen molar-refractivity contribution in [2.24, 2.45) is 0 Å². The molecule has 0 unspecified atom stereocenters. The predicted octanol–water partition coefficient (Wildman–Crippen LogP) is 1.95. The molecule has 0 atom stereocenters. The Labute approximate surface area is 164 Å². The highest BCUT2D eigenvalue weighted by Crippen LogP contribution is 2.10. The number of carbonyl (C=O) groups is 3. The number of nitrogens with one attached hydrogen (secondary N) is 1. The molecular weight excluding hydrogens is 365 g/mol. The zero-order valence-corrected chi connectivity index (χ0v) is 16.7. The lowest BCUT2D eigenvalue weighted by Gasteiger charge is -2.23. The predicted molar refractivity (Wildman–Crippen MR) is 102 cm³/mol. The summed E-state index contributed by atoms with van der Waals surface area (Å²) in [5.74, 6) is -0.674. The van der Waals surface area contributed by atoms with Crippen molar-refractivity contribution in [1.82, 2.24) is 15.1 Å². The Hall–Kier alpha value is -2.64. The van der Waals surface area contributed by atoms with Gasteiger partial charge in [0.1, 0.15) is 18.0 Å². The van der Waals surface area contributed by atoms with E-state index in [1.807, 2.05) is 0 Å². The SMILES string of the molecule is CC(C)(C)OC(=O)NCC(=O)N1CCCN(C(=O)Cc2cccc(F)c2)CC1. The molecule has 1 heterocycles. The second kappa shape index (κ2) is 9.52. The van der Waals surface area contributed by atoms with Crippen LogP contribution >= 0.6 is 0 Å². The Bertz CT molecular complexity index is 718. The van der Waals surface area contributed by atoms with Crippen molar-refractivity contribution in [2.45, 2.75) is 39.2 Å². The first-order chi connectivity index (χ1) is 13.1. The van der Waals surface area contributed by atoms with E-state index in [0.717, 1.165) is 0 Å². The first kappa shape index (κ1) is 21.7. The lowest BCUT2D eigenvalue weighted by atomic mass is 10.1. The van der Waals surface area contributed by atoms with Crippen molar-refractivity contribution < 1.29 is 23.5 Å². The number of ether oxygens (including phenoxy) is 1. The fourth-order valence-corrected chi connectivity index (χ4v) is 2.92. The number of nitrogens with zero attached hydrogens (tertiary/aromatic N) is 2. The van der Waals surface area contributed by atoms with E-state index in [4.69, 9.17) is 4.74 Å². The summed E-state index contributed by atoms with van der Waals surface area (Å²) in [4.78, 5) is 39.8. The van der Waals surface area contributed by atoms with Gasteiger partial charge in [-0.1, -0.05) is 12.1 Å². The molecule has 28 heavy (non-hydrogen) atoms. The summed E-state index contributed by atoms with van der Waals surface area (Å²) in [6.45, 7) is 6.95. The molecule has 1 N–H and O–H groups in total. The molecule has 7 nitrogen and oxygen atoms in total. The van der Waals surface area contributed by atoms with Crippen molar-refractivity contribution in [3.63, 3.8) is 0 Å². The van der Waals surface area contributed by atoms with Crippen LogP contribution < -0.4 is 5.32 Å². The van der Waals surface area contributed by atoms with Crippen LogP contribution in [0.3, 0.4) is 0 Å². The smallest absolute Gasteiger partial charge is 0.408 e. The van der Waals surface area contributed by atoms with Crippen LogP contribution in [-0.4, -0.2) is 66.0 Å². The van der Waals surface area contributed by atoms with Crippen LogP contribution in [0.2, 0.25) is 0 Å². The molecule has 0 saturated carbocycles. The van der Waals surface area contributed by atoms with Crippen molar-refractivity contribution in [1.29, 1.82) is 0 Å². The van der Waals surface area contributed by atoms with Gasteiger partial charge in [0, 0.05) is 26.2 Å². The lowest BCUT2D eigenvalue weighted by molar-refractivity contribution is -0.132. The van der Waals surface area contributed by atoms with Gasteiger partial charge in [0.15, 0.2) is 0 Å². The first-order valence-electron chi connectivity index (χ1n) is 9.41. The molecule has 0 bridgehead atoms.